The van der Waals surface area contributed by atoms with Crippen LogP contribution in [0.2, 0.25) is 0 Å². The third-order valence-corrected chi connectivity index (χ3v) is 3.48. The van der Waals surface area contributed by atoms with Gasteiger partial charge in [0, 0.05) is 0 Å². The van der Waals surface area contributed by atoms with E-state index in [1.807, 2.05) is 0 Å². The molecule has 16 heavy (non-hydrogen) atoms. The van der Waals surface area contributed by atoms with Gasteiger partial charge in [-0.15, -0.1) is 0 Å². The molecule has 0 amide bonds. The van der Waals surface area contributed by atoms with Crippen LogP contribution in [0.4, 0.5) is 0 Å². The minimum Gasteiger partial charge on any atom is -0.328 e. The van der Waals surface area contributed by atoms with Crippen LogP contribution in [0.15, 0.2) is 0 Å². The lowest BCUT2D eigenvalue weighted by Crippen LogP contribution is -2.41. The normalized spacial score (nSPS) is 12.0. The summed E-state index contributed by atoms with van der Waals surface area (Å²) in [5.41, 5.74) is 0. The molecule has 98 valence electrons. The summed E-state index contributed by atoms with van der Waals surface area (Å²) in [7, 11) is 4.78. The van der Waals surface area contributed by atoms with Crippen LogP contribution in [0.25, 0.3) is 0 Å². The number of unbranched alkanes of at least 4 members (excludes halogenated alkanes) is 7. The highest BCUT2D eigenvalue weighted by molar-refractivity contribution is 4.45. The first-order valence-electron chi connectivity index (χ1n) is 7.44. The predicted molar refractivity (Wildman–Crippen MR) is 74.7 cm³/mol. The van der Waals surface area contributed by atoms with Crippen molar-refractivity contribution in [2.75, 3.05) is 27.2 Å². The maximum atomic E-state index is 2.39. The highest BCUT2D eigenvalue weighted by atomic mass is 15.3. The quantitative estimate of drug-likeness (QED) is 0.358. The molecule has 0 radical (unpaired) electrons. The molecule has 0 atom stereocenters. The van der Waals surface area contributed by atoms with Gasteiger partial charge in [0.1, 0.15) is 0 Å². The van der Waals surface area contributed by atoms with E-state index in [2.05, 4.69) is 27.9 Å². The van der Waals surface area contributed by atoms with E-state index >= 15 is 0 Å². The zero-order chi connectivity index (χ0) is 12.3. The van der Waals surface area contributed by atoms with Gasteiger partial charge in [0.2, 0.25) is 0 Å². The van der Waals surface area contributed by atoms with Crippen molar-refractivity contribution < 1.29 is 4.48 Å². The summed E-state index contributed by atoms with van der Waals surface area (Å²) in [5.74, 6) is 0. The average molecular weight is 228 g/mol. The lowest BCUT2D eigenvalue weighted by Gasteiger charge is -2.29. The van der Waals surface area contributed by atoms with Crippen LogP contribution in [0, 0.1) is 0 Å². The Morgan fingerprint density at radius 1 is 0.562 bits per heavy atom. The Morgan fingerprint density at radius 3 is 1.50 bits per heavy atom. The average Bonchev–Trinajstić information content (AvgIpc) is 2.23. The zero-order valence-corrected chi connectivity index (χ0v) is 12.2. The number of hydrogen-bond acceptors (Lipinski definition) is 0. The molecule has 0 aliphatic heterocycles. The zero-order valence-electron chi connectivity index (χ0n) is 12.2. The number of rotatable bonds is 11. The number of hydrogen-bond donors (Lipinski definition) is 0. The highest BCUT2D eigenvalue weighted by Crippen LogP contribution is 2.09. The summed E-state index contributed by atoms with van der Waals surface area (Å²) in [6.07, 6.45) is 12.7. The van der Waals surface area contributed by atoms with E-state index in [1.54, 1.807) is 0 Å². The molecule has 0 aromatic carbocycles. The Balaban J connectivity index is 3.35. The molecule has 0 N–H and O–H groups in total. The van der Waals surface area contributed by atoms with E-state index in [0.29, 0.717) is 0 Å². The monoisotopic (exact) mass is 228 g/mol. The molecule has 0 spiro atoms. The van der Waals surface area contributed by atoms with Gasteiger partial charge in [-0.05, 0) is 25.7 Å². The van der Waals surface area contributed by atoms with Gasteiger partial charge in [-0.2, -0.15) is 0 Å². The Morgan fingerprint density at radius 2 is 0.938 bits per heavy atom. The first-order chi connectivity index (χ1) is 7.62. The van der Waals surface area contributed by atoms with Gasteiger partial charge in [0.05, 0.1) is 27.2 Å². The minimum absolute atomic E-state index is 1.23. The topological polar surface area (TPSA) is 0 Å². The molecule has 0 bridgehead atoms. The van der Waals surface area contributed by atoms with Crippen LogP contribution in [0.3, 0.4) is 0 Å². The first kappa shape index (κ1) is 16.0. The fraction of sp³-hybridized carbons (Fsp3) is 1.00. The first-order valence-corrected chi connectivity index (χ1v) is 7.44. The van der Waals surface area contributed by atoms with E-state index in [1.165, 1.54) is 75.4 Å². The van der Waals surface area contributed by atoms with Gasteiger partial charge in [-0.1, -0.05) is 46.0 Å². The molecule has 0 rings (SSSR count). The molecule has 0 fully saturated rings. The van der Waals surface area contributed by atoms with Crippen LogP contribution in [0.5, 0.6) is 0 Å². The van der Waals surface area contributed by atoms with Gasteiger partial charge in [-0.3, -0.25) is 0 Å². The lowest BCUT2D eigenvalue weighted by molar-refractivity contribution is -0.890. The molecule has 0 saturated carbocycles. The molecular weight excluding hydrogens is 194 g/mol. The van der Waals surface area contributed by atoms with Crippen LogP contribution < -0.4 is 0 Å². The maximum Gasteiger partial charge on any atom is 0.0782 e. The van der Waals surface area contributed by atoms with Crippen molar-refractivity contribution in [3.63, 3.8) is 0 Å². The predicted octanol–water partition coefficient (Wildman–Crippen LogP) is 4.61. The van der Waals surface area contributed by atoms with Gasteiger partial charge in [0.25, 0.3) is 0 Å². The van der Waals surface area contributed by atoms with Crippen molar-refractivity contribution in [1.29, 1.82) is 0 Å². The highest BCUT2D eigenvalue weighted by Gasteiger charge is 2.12. The molecule has 0 saturated heterocycles. The maximum absolute atomic E-state index is 2.39. The summed E-state index contributed by atoms with van der Waals surface area (Å²) in [4.78, 5) is 0. The fourth-order valence-corrected chi connectivity index (χ4v) is 2.22. The molecule has 1 nitrogen and oxygen atoms in total. The Bertz CT molecular complexity index is 140. The van der Waals surface area contributed by atoms with Crippen LogP contribution in [-0.2, 0) is 0 Å². The van der Waals surface area contributed by atoms with Crippen LogP contribution in [-0.4, -0.2) is 31.7 Å². The minimum atomic E-state index is 1.23. The molecular formula is C15H34N+. The second-order valence-corrected chi connectivity index (χ2v) is 5.86. The van der Waals surface area contributed by atoms with Gasteiger partial charge < -0.3 is 4.48 Å². The van der Waals surface area contributed by atoms with Crippen LogP contribution >= 0.6 is 0 Å². The van der Waals surface area contributed by atoms with E-state index in [4.69, 9.17) is 0 Å². The van der Waals surface area contributed by atoms with E-state index < -0.39 is 0 Å². The summed E-state index contributed by atoms with van der Waals surface area (Å²) in [6, 6.07) is 0. The second kappa shape index (κ2) is 10.1. The lowest BCUT2D eigenvalue weighted by atomic mass is 10.1. The van der Waals surface area contributed by atoms with Crippen LogP contribution in [0.1, 0.15) is 71.6 Å². The fourth-order valence-electron chi connectivity index (χ4n) is 2.22. The Hall–Kier alpha value is -0.0400. The van der Waals surface area contributed by atoms with Crippen molar-refractivity contribution in [1.82, 2.24) is 0 Å². The van der Waals surface area contributed by atoms with Gasteiger partial charge in [0.15, 0.2) is 0 Å². The molecule has 1 heteroatoms. The van der Waals surface area contributed by atoms with E-state index in [0.717, 1.165) is 0 Å². The van der Waals surface area contributed by atoms with Crippen molar-refractivity contribution in [3.8, 4) is 0 Å². The summed E-state index contributed by atoms with van der Waals surface area (Å²) in [5, 5.41) is 0. The smallest absolute Gasteiger partial charge is 0.0782 e. The standard InChI is InChI=1S/C15H34N/c1-5-7-9-10-11-13-15-16(3,4)14-12-8-6-2/h5-15H2,1-4H3/q+1. The van der Waals surface area contributed by atoms with Crippen molar-refractivity contribution in [2.24, 2.45) is 0 Å². The van der Waals surface area contributed by atoms with E-state index in [9.17, 15) is 0 Å². The van der Waals surface area contributed by atoms with Crippen molar-refractivity contribution >= 4 is 0 Å². The SMILES string of the molecule is CCCCCCCC[N+](C)(C)CCCCC. The summed E-state index contributed by atoms with van der Waals surface area (Å²) in [6.45, 7) is 7.31. The number of quaternary nitrogens is 1. The van der Waals surface area contributed by atoms with Gasteiger partial charge >= 0.3 is 0 Å². The Kier molecular flexibility index (Phi) is 10.1. The largest absolute Gasteiger partial charge is 0.328 e. The summed E-state index contributed by atoms with van der Waals surface area (Å²) >= 11 is 0. The summed E-state index contributed by atoms with van der Waals surface area (Å²) < 4.78 is 1.23. The molecule has 0 aromatic rings. The van der Waals surface area contributed by atoms with Crippen molar-refractivity contribution in [2.45, 2.75) is 71.6 Å². The third-order valence-electron chi connectivity index (χ3n) is 3.48. The van der Waals surface area contributed by atoms with Gasteiger partial charge in [-0.25, -0.2) is 0 Å². The second-order valence-electron chi connectivity index (χ2n) is 5.86. The third kappa shape index (κ3) is 10.5. The van der Waals surface area contributed by atoms with E-state index in [-0.39, 0.29) is 0 Å². The Labute approximate surface area is 104 Å². The molecule has 0 heterocycles. The molecule has 0 aliphatic rings. The molecule has 0 unspecified atom stereocenters. The molecule has 0 aliphatic carbocycles. The molecule has 0 aromatic heterocycles. The number of nitrogens with zero attached hydrogens (tertiary/aromatic N) is 1. The van der Waals surface area contributed by atoms with Crippen molar-refractivity contribution in [3.05, 3.63) is 0 Å².